The number of ether oxygens (including phenoxy) is 1. The van der Waals surface area contributed by atoms with Crippen LogP contribution in [-0.4, -0.2) is 12.5 Å². The van der Waals surface area contributed by atoms with E-state index in [2.05, 4.69) is 17.4 Å². The van der Waals surface area contributed by atoms with E-state index in [1.807, 2.05) is 54.6 Å². The van der Waals surface area contributed by atoms with Crippen molar-refractivity contribution >= 4 is 17.5 Å². The number of amides is 1. The van der Waals surface area contributed by atoms with Crippen LogP contribution in [0.3, 0.4) is 0 Å². The van der Waals surface area contributed by atoms with E-state index < -0.39 is 0 Å². The number of rotatable bonds is 7. The molecule has 0 fully saturated rings. The smallest absolute Gasteiger partial charge is 0.251 e. The minimum Gasteiger partial charge on any atom is -0.489 e. The van der Waals surface area contributed by atoms with Gasteiger partial charge in [0, 0.05) is 22.7 Å². The molecule has 26 heavy (non-hydrogen) atoms. The maximum atomic E-state index is 12.3. The van der Waals surface area contributed by atoms with Crippen LogP contribution in [0, 0.1) is 0 Å². The van der Waals surface area contributed by atoms with Crippen LogP contribution in [0.1, 0.15) is 21.5 Å². The third kappa shape index (κ3) is 5.11. The van der Waals surface area contributed by atoms with Gasteiger partial charge in [0.25, 0.3) is 5.91 Å². The second-order valence-electron chi connectivity index (χ2n) is 5.90. The lowest BCUT2D eigenvalue weighted by Crippen LogP contribution is -2.25. The van der Waals surface area contributed by atoms with Crippen molar-refractivity contribution in [2.24, 2.45) is 0 Å². The molecule has 0 saturated heterocycles. The molecule has 0 aromatic heterocycles. The maximum Gasteiger partial charge on any atom is 0.251 e. The quantitative estimate of drug-likeness (QED) is 0.647. The third-order valence-corrected chi connectivity index (χ3v) is 4.36. The van der Waals surface area contributed by atoms with Gasteiger partial charge in [0.2, 0.25) is 0 Å². The molecule has 0 atom stereocenters. The van der Waals surface area contributed by atoms with Crippen LogP contribution < -0.4 is 10.1 Å². The first-order chi connectivity index (χ1) is 12.7. The molecule has 1 amide bonds. The Morgan fingerprint density at radius 1 is 0.923 bits per heavy atom. The molecule has 0 aliphatic carbocycles. The molecule has 0 unspecified atom stereocenters. The molecule has 0 saturated carbocycles. The number of benzene rings is 3. The van der Waals surface area contributed by atoms with Crippen LogP contribution in [0.15, 0.2) is 78.9 Å². The summed E-state index contributed by atoms with van der Waals surface area (Å²) in [6, 6.07) is 24.8. The lowest BCUT2D eigenvalue weighted by Gasteiger charge is -2.10. The van der Waals surface area contributed by atoms with E-state index in [1.54, 1.807) is 12.1 Å². The summed E-state index contributed by atoms with van der Waals surface area (Å²) < 4.78 is 5.77. The zero-order valence-electron chi connectivity index (χ0n) is 14.3. The number of hydrogen-bond acceptors (Lipinski definition) is 2. The van der Waals surface area contributed by atoms with Crippen molar-refractivity contribution in [2.45, 2.75) is 13.0 Å². The number of carbonyl (C=O) groups is 1. The Morgan fingerprint density at radius 2 is 1.69 bits per heavy atom. The minimum atomic E-state index is -0.107. The van der Waals surface area contributed by atoms with Gasteiger partial charge in [0.1, 0.15) is 12.4 Å². The highest BCUT2D eigenvalue weighted by Crippen LogP contribution is 2.19. The molecule has 0 radical (unpaired) electrons. The fraction of sp³-hybridized carbons (Fsp3) is 0.136. The molecule has 0 heterocycles. The van der Waals surface area contributed by atoms with Crippen molar-refractivity contribution in [3.8, 4) is 5.75 Å². The van der Waals surface area contributed by atoms with E-state index in [0.29, 0.717) is 29.5 Å². The molecule has 3 nitrogen and oxygen atoms in total. The second-order valence-corrected chi connectivity index (χ2v) is 6.31. The van der Waals surface area contributed by atoms with Gasteiger partial charge >= 0.3 is 0 Å². The van der Waals surface area contributed by atoms with Crippen LogP contribution in [0.25, 0.3) is 0 Å². The Labute approximate surface area is 158 Å². The second kappa shape index (κ2) is 9.07. The van der Waals surface area contributed by atoms with E-state index >= 15 is 0 Å². The Morgan fingerprint density at radius 3 is 2.50 bits per heavy atom. The van der Waals surface area contributed by atoms with E-state index in [9.17, 15) is 4.79 Å². The third-order valence-electron chi connectivity index (χ3n) is 3.99. The van der Waals surface area contributed by atoms with Gasteiger partial charge in [-0.2, -0.15) is 0 Å². The van der Waals surface area contributed by atoms with Gasteiger partial charge < -0.3 is 10.1 Å². The Balaban J connectivity index is 1.54. The monoisotopic (exact) mass is 365 g/mol. The van der Waals surface area contributed by atoms with E-state index in [4.69, 9.17) is 16.3 Å². The van der Waals surface area contributed by atoms with Crippen molar-refractivity contribution in [3.05, 3.63) is 101 Å². The summed E-state index contributed by atoms with van der Waals surface area (Å²) in [6.07, 6.45) is 0.801. The molecular weight excluding hydrogens is 346 g/mol. The zero-order valence-corrected chi connectivity index (χ0v) is 15.1. The van der Waals surface area contributed by atoms with Gasteiger partial charge in [-0.05, 0) is 36.2 Å². The lowest BCUT2D eigenvalue weighted by atomic mass is 10.1. The van der Waals surface area contributed by atoms with Gasteiger partial charge in [0.15, 0.2) is 0 Å². The van der Waals surface area contributed by atoms with Gasteiger partial charge in [-0.1, -0.05) is 66.2 Å². The molecule has 0 aliphatic heterocycles. The number of halogens is 1. The normalized spacial score (nSPS) is 10.3. The van der Waals surface area contributed by atoms with E-state index in [-0.39, 0.29) is 5.91 Å². The molecule has 3 aromatic rings. The first-order valence-corrected chi connectivity index (χ1v) is 8.88. The predicted molar refractivity (Wildman–Crippen MR) is 105 cm³/mol. The predicted octanol–water partition coefficient (Wildman–Crippen LogP) is 4.89. The lowest BCUT2D eigenvalue weighted by molar-refractivity contribution is 0.0953. The molecule has 4 heteroatoms. The van der Waals surface area contributed by atoms with Crippen molar-refractivity contribution in [1.29, 1.82) is 0 Å². The van der Waals surface area contributed by atoms with E-state index in [1.165, 1.54) is 5.56 Å². The van der Waals surface area contributed by atoms with Crippen molar-refractivity contribution in [1.82, 2.24) is 5.32 Å². The highest BCUT2D eigenvalue weighted by atomic mass is 35.5. The average molecular weight is 366 g/mol. The fourth-order valence-electron chi connectivity index (χ4n) is 2.57. The number of nitrogens with one attached hydrogen (secondary N) is 1. The topological polar surface area (TPSA) is 38.3 Å². The van der Waals surface area contributed by atoms with Crippen LogP contribution in [0.2, 0.25) is 5.02 Å². The summed E-state index contributed by atoms with van der Waals surface area (Å²) in [6.45, 7) is 0.951. The van der Waals surface area contributed by atoms with Crippen LogP contribution in [0.5, 0.6) is 5.75 Å². The van der Waals surface area contributed by atoms with Crippen LogP contribution >= 0.6 is 11.6 Å². The highest BCUT2D eigenvalue weighted by molar-refractivity contribution is 6.31. The Kier molecular flexibility index (Phi) is 6.29. The average Bonchev–Trinajstić information content (AvgIpc) is 2.68. The van der Waals surface area contributed by atoms with Crippen LogP contribution in [0.4, 0.5) is 0 Å². The fourth-order valence-corrected chi connectivity index (χ4v) is 2.76. The zero-order chi connectivity index (χ0) is 18.2. The van der Waals surface area contributed by atoms with Crippen molar-refractivity contribution < 1.29 is 9.53 Å². The molecular formula is C22H20ClNO2. The summed E-state index contributed by atoms with van der Waals surface area (Å²) in [7, 11) is 0. The molecule has 3 aromatic carbocycles. The summed E-state index contributed by atoms with van der Waals surface area (Å²) in [5.41, 5.74) is 2.69. The number of carbonyl (C=O) groups excluding carboxylic acids is 1. The van der Waals surface area contributed by atoms with Gasteiger partial charge in [-0.15, -0.1) is 0 Å². The summed E-state index contributed by atoms with van der Waals surface area (Å²) in [4.78, 5) is 12.3. The van der Waals surface area contributed by atoms with Gasteiger partial charge in [-0.25, -0.2) is 0 Å². The van der Waals surface area contributed by atoms with Gasteiger partial charge in [-0.3, -0.25) is 4.79 Å². The SMILES string of the molecule is O=C(NCCc1ccccc1)c1cccc(OCc2ccccc2Cl)c1. The minimum absolute atomic E-state index is 0.107. The molecule has 1 N–H and O–H groups in total. The largest absolute Gasteiger partial charge is 0.489 e. The molecule has 132 valence electrons. The molecule has 0 aliphatic rings. The number of hydrogen-bond donors (Lipinski definition) is 1. The molecule has 3 rings (SSSR count). The first kappa shape index (κ1) is 18.0. The van der Waals surface area contributed by atoms with Crippen LogP contribution in [-0.2, 0) is 13.0 Å². The maximum absolute atomic E-state index is 12.3. The van der Waals surface area contributed by atoms with E-state index in [0.717, 1.165) is 12.0 Å². The Bertz CT molecular complexity index is 865. The first-order valence-electron chi connectivity index (χ1n) is 8.51. The summed E-state index contributed by atoms with van der Waals surface area (Å²) >= 11 is 6.14. The summed E-state index contributed by atoms with van der Waals surface area (Å²) in [5.74, 6) is 0.532. The van der Waals surface area contributed by atoms with Crippen molar-refractivity contribution in [2.75, 3.05) is 6.54 Å². The summed E-state index contributed by atoms with van der Waals surface area (Å²) in [5, 5.41) is 3.61. The van der Waals surface area contributed by atoms with Crippen molar-refractivity contribution in [3.63, 3.8) is 0 Å². The highest BCUT2D eigenvalue weighted by Gasteiger charge is 2.07. The molecule has 0 spiro atoms. The van der Waals surface area contributed by atoms with Gasteiger partial charge in [0.05, 0.1) is 0 Å². The Hall–Kier alpha value is -2.78. The standard InChI is InChI=1S/C22H20ClNO2/c23-21-12-5-4-9-19(21)16-26-20-11-6-10-18(15-20)22(25)24-14-13-17-7-2-1-3-8-17/h1-12,15H,13-14,16H2,(H,24,25). The molecule has 0 bridgehead atoms.